The minimum Gasteiger partial charge on any atom is -0.409 e. The first-order valence-electron chi connectivity index (χ1n) is 7.14. The van der Waals surface area contributed by atoms with Crippen LogP contribution in [-0.4, -0.2) is 35.6 Å². The SMILES string of the molecule is CC(C)CCN(CCCC(N)=NO)CCC(C)C. The zero-order valence-electron chi connectivity index (χ0n) is 12.5. The highest BCUT2D eigenvalue weighted by Gasteiger charge is 2.07. The van der Waals surface area contributed by atoms with E-state index >= 15 is 0 Å². The molecule has 4 heteroatoms. The average molecular weight is 257 g/mol. The zero-order chi connectivity index (χ0) is 14.0. The van der Waals surface area contributed by atoms with E-state index in [9.17, 15) is 0 Å². The molecule has 0 heterocycles. The fraction of sp³-hybridized carbons (Fsp3) is 0.929. The predicted molar refractivity (Wildman–Crippen MR) is 78.0 cm³/mol. The summed E-state index contributed by atoms with van der Waals surface area (Å²) >= 11 is 0. The Morgan fingerprint density at radius 3 is 1.94 bits per heavy atom. The van der Waals surface area contributed by atoms with Crippen molar-refractivity contribution < 1.29 is 5.21 Å². The van der Waals surface area contributed by atoms with Gasteiger partial charge in [-0.05, 0) is 50.7 Å². The normalized spacial score (nSPS) is 12.9. The van der Waals surface area contributed by atoms with Gasteiger partial charge >= 0.3 is 0 Å². The molecule has 0 rings (SSSR count). The number of rotatable bonds is 10. The van der Waals surface area contributed by atoms with Gasteiger partial charge in [0.2, 0.25) is 0 Å². The lowest BCUT2D eigenvalue weighted by molar-refractivity contribution is 0.241. The molecular formula is C14H31N3O. The molecule has 0 atom stereocenters. The van der Waals surface area contributed by atoms with E-state index in [1.165, 1.54) is 12.8 Å². The van der Waals surface area contributed by atoms with E-state index in [0.29, 0.717) is 12.3 Å². The summed E-state index contributed by atoms with van der Waals surface area (Å²) in [6, 6.07) is 0. The summed E-state index contributed by atoms with van der Waals surface area (Å²) < 4.78 is 0. The molecule has 3 N–H and O–H groups in total. The molecule has 0 bridgehead atoms. The molecule has 0 radical (unpaired) electrons. The van der Waals surface area contributed by atoms with Gasteiger partial charge in [0.05, 0.1) is 0 Å². The highest BCUT2D eigenvalue weighted by atomic mass is 16.4. The smallest absolute Gasteiger partial charge is 0.139 e. The number of hydrogen-bond donors (Lipinski definition) is 2. The second-order valence-electron chi connectivity index (χ2n) is 5.90. The lowest BCUT2D eigenvalue weighted by Gasteiger charge is -2.24. The van der Waals surface area contributed by atoms with E-state index in [1.54, 1.807) is 0 Å². The molecule has 18 heavy (non-hydrogen) atoms. The molecule has 0 spiro atoms. The molecule has 0 aliphatic carbocycles. The van der Waals surface area contributed by atoms with Gasteiger partial charge in [0.15, 0.2) is 0 Å². The predicted octanol–water partition coefficient (Wildman–Crippen LogP) is 2.91. The molecule has 0 fully saturated rings. The molecule has 0 unspecified atom stereocenters. The molecule has 0 amide bonds. The topological polar surface area (TPSA) is 61.8 Å². The van der Waals surface area contributed by atoms with E-state index in [2.05, 4.69) is 37.8 Å². The highest BCUT2D eigenvalue weighted by Crippen LogP contribution is 2.07. The van der Waals surface area contributed by atoms with Crippen molar-refractivity contribution in [2.75, 3.05) is 19.6 Å². The summed E-state index contributed by atoms with van der Waals surface area (Å²) in [5, 5.41) is 11.5. The Bertz CT molecular complexity index is 215. The van der Waals surface area contributed by atoms with Crippen molar-refractivity contribution in [1.29, 1.82) is 0 Å². The van der Waals surface area contributed by atoms with Crippen LogP contribution in [0.4, 0.5) is 0 Å². The summed E-state index contributed by atoms with van der Waals surface area (Å²) in [6.07, 6.45) is 4.12. The molecule has 0 aromatic heterocycles. The summed E-state index contributed by atoms with van der Waals surface area (Å²) in [5.74, 6) is 1.83. The van der Waals surface area contributed by atoms with Gasteiger partial charge in [-0.15, -0.1) is 0 Å². The third-order valence-electron chi connectivity index (χ3n) is 3.08. The van der Waals surface area contributed by atoms with Crippen LogP contribution >= 0.6 is 0 Å². The first-order valence-corrected chi connectivity index (χ1v) is 7.14. The van der Waals surface area contributed by atoms with Gasteiger partial charge in [-0.3, -0.25) is 0 Å². The van der Waals surface area contributed by atoms with Gasteiger partial charge in [0.25, 0.3) is 0 Å². The summed E-state index contributed by atoms with van der Waals surface area (Å²) in [4.78, 5) is 2.50. The van der Waals surface area contributed by atoms with Crippen molar-refractivity contribution in [3.63, 3.8) is 0 Å². The third kappa shape index (κ3) is 10.4. The average Bonchev–Trinajstić information content (AvgIpc) is 2.31. The van der Waals surface area contributed by atoms with Crippen LogP contribution in [0.25, 0.3) is 0 Å². The Morgan fingerprint density at radius 1 is 1.06 bits per heavy atom. The number of nitrogens with two attached hydrogens (primary N) is 1. The number of oxime groups is 1. The Balaban J connectivity index is 3.95. The Labute approximate surface area is 112 Å². The van der Waals surface area contributed by atoms with Gasteiger partial charge in [0.1, 0.15) is 5.84 Å². The maximum absolute atomic E-state index is 8.50. The van der Waals surface area contributed by atoms with Gasteiger partial charge in [-0.25, -0.2) is 0 Å². The van der Waals surface area contributed by atoms with Crippen molar-refractivity contribution in [3.05, 3.63) is 0 Å². The van der Waals surface area contributed by atoms with Crippen LogP contribution in [0.15, 0.2) is 5.16 Å². The molecule has 0 saturated heterocycles. The quantitative estimate of drug-likeness (QED) is 0.274. The van der Waals surface area contributed by atoms with Crippen molar-refractivity contribution in [2.24, 2.45) is 22.7 Å². The van der Waals surface area contributed by atoms with Crippen LogP contribution < -0.4 is 5.73 Å². The van der Waals surface area contributed by atoms with Gasteiger partial charge in [0, 0.05) is 6.42 Å². The van der Waals surface area contributed by atoms with Crippen LogP contribution in [0.3, 0.4) is 0 Å². The maximum Gasteiger partial charge on any atom is 0.139 e. The van der Waals surface area contributed by atoms with Crippen LogP contribution in [0.2, 0.25) is 0 Å². The van der Waals surface area contributed by atoms with Gasteiger partial charge in [-0.1, -0.05) is 32.9 Å². The summed E-state index contributed by atoms with van der Waals surface area (Å²) in [6.45, 7) is 12.4. The lowest BCUT2D eigenvalue weighted by Crippen LogP contribution is -2.29. The van der Waals surface area contributed by atoms with Crippen molar-refractivity contribution in [2.45, 2.75) is 53.4 Å². The minimum absolute atomic E-state index is 0.336. The largest absolute Gasteiger partial charge is 0.409 e. The van der Waals surface area contributed by atoms with E-state index in [4.69, 9.17) is 10.9 Å². The molecule has 0 saturated carbocycles. The van der Waals surface area contributed by atoms with E-state index in [-0.39, 0.29) is 0 Å². The number of nitrogens with zero attached hydrogens (tertiary/aromatic N) is 2. The molecule has 4 nitrogen and oxygen atoms in total. The van der Waals surface area contributed by atoms with E-state index < -0.39 is 0 Å². The standard InChI is InChI=1S/C14H31N3O/c1-12(2)7-10-17(11-8-13(3)4)9-5-6-14(15)16-18/h12-13,18H,5-11H2,1-4H3,(H2,15,16). The molecule has 0 aromatic carbocycles. The molecule has 108 valence electrons. The van der Waals surface area contributed by atoms with Gasteiger partial charge < -0.3 is 15.8 Å². The fourth-order valence-electron chi connectivity index (χ4n) is 1.75. The highest BCUT2D eigenvalue weighted by molar-refractivity contribution is 5.79. The van der Waals surface area contributed by atoms with E-state index in [1.807, 2.05) is 0 Å². The van der Waals surface area contributed by atoms with Crippen LogP contribution in [0.1, 0.15) is 53.4 Å². The second-order valence-corrected chi connectivity index (χ2v) is 5.90. The van der Waals surface area contributed by atoms with Crippen molar-refractivity contribution in [1.82, 2.24) is 4.90 Å². The molecule has 0 aliphatic rings. The maximum atomic E-state index is 8.50. The number of hydrogen-bond acceptors (Lipinski definition) is 3. The van der Waals surface area contributed by atoms with Crippen LogP contribution in [-0.2, 0) is 0 Å². The Kier molecular flexibility index (Phi) is 9.74. The van der Waals surface area contributed by atoms with Crippen molar-refractivity contribution >= 4 is 5.84 Å². The van der Waals surface area contributed by atoms with Crippen molar-refractivity contribution in [3.8, 4) is 0 Å². The molecular weight excluding hydrogens is 226 g/mol. The number of amidine groups is 1. The van der Waals surface area contributed by atoms with Crippen LogP contribution in [0, 0.1) is 11.8 Å². The third-order valence-corrected chi connectivity index (χ3v) is 3.08. The Morgan fingerprint density at radius 2 is 1.56 bits per heavy atom. The summed E-state index contributed by atoms with van der Waals surface area (Å²) in [7, 11) is 0. The lowest BCUT2D eigenvalue weighted by atomic mass is 10.1. The molecule has 0 aromatic rings. The van der Waals surface area contributed by atoms with Gasteiger partial charge in [-0.2, -0.15) is 0 Å². The van der Waals surface area contributed by atoms with Crippen LogP contribution in [0.5, 0.6) is 0 Å². The van der Waals surface area contributed by atoms with E-state index in [0.717, 1.165) is 37.9 Å². The monoisotopic (exact) mass is 257 g/mol. The minimum atomic E-state index is 0.336. The Hall–Kier alpha value is -0.770. The first kappa shape index (κ1) is 17.2. The summed E-state index contributed by atoms with van der Waals surface area (Å²) in [5.41, 5.74) is 5.49. The second kappa shape index (κ2) is 10.2. The molecule has 0 aliphatic heterocycles. The fourth-order valence-corrected chi connectivity index (χ4v) is 1.75. The first-order chi connectivity index (χ1) is 8.45. The zero-order valence-corrected chi connectivity index (χ0v) is 12.5.